The SMILES string of the molecule is COc1cccc([C@@H]2CC(=O)CC(=NCCc3ccc(OC)c(OC)c3)C2)c1. The molecule has 5 heteroatoms. The van der Waals surface area contributed by atoms with Gasteiger partial charge < -0.3 is 14.2 Å². The third-order valence-electron chi connectivity index (χ3n) is 5.11. The lowest BCUT2D eigenvalue weighted by molar-refractivity contribution is -0.118. The van der Waals surface area contributed by atoms with Gasteiger partial charge in [-0.15, -0.1) is 0 Å². The molecule has 0 unspecified atom stereocenters. The number of rotatable bonds is 7. The molecule has 1 saturated carbocycles. The normalized spacial score (nSPS) is 18.2. The Morgan fingerprint density at radius 2 is 1.79 bits per heavy atom. The minimum Gasteiger partial charge on any atom is -0.497 e. The fourth-order valence-corrected chi connectivity index (χ4v) is 3.63. The quantitative estimate of drug-likeness (QED) is 0.720. The minimum atomic E-state index is 0.177. The van der Waals surface area contributed by atoms with Gasteiger partial charge in [0.05, 0.1) is 21.3 Å². The summed E-state index contributed by atoms with van der Waals surface area (Å²) in [5.74, 6) is 2.69. The zero-order valence-electron chi connectivity index (χ0n) is 16.7. The monoisotopic (exact) mass is 381 g/mol. The Labute approximate surface area is 166 Å². The van der Waals surface area contributed by atoms with Crippen LogP contribution in [-0.4, -0.2) is 39.4 Å². The number of ether oxygens (including phenoxy) is 3. The molecule has 2 aromatic carbocycles. The van der Waals surface area contributed by atoms with Crippen molar-refractivity contribution >= 4 is 11.5 Å². The Morgan fingerprint density at radius 1 is 0.964 bits per heavy atom. The van der Waals surface area contributed by atoms with Gasteiger partial charge in [-0.1, -0.05) is 18.2 Å². The molecule has 0 radical (unpaired) electrons. The van der Waals surface area contributed by atoms with Crippen LogP contribution < -0.4 is 14.2 Å². The van der Waals surface area contributed by atoms with Crippen LogP contribution in [0.5, 0.6) is 17.2 Å². The standard InChI is InChI=1S/C23H27NO4/c1-26-21-6-4-5-17(14-21)18-12-19(15-20(25)13-18)24-10-9-16-7-8-22(27-2)23(11-16)28-3/h4-8,11,14,18H,9-10,12-13,15H2,1-3H3/t18-/m0/s1. The van der Waals surface area contributed by atoms with E-state index >= 15 is 0 Å². The van der Waals surface area contributed by atoms with E-state index in [9.17, 15) is 4.79 Å². The first-order valence-corrected chi connectivity index (χ1v) is 9.51. The maximum absolute atomic E-state index is 12.3. The smallest absolute Gasteiger partial charge is 0.160 e. The second-order valence-corrected chi connectivity index (χ2v) is 6.98. The van der Waals surface area contributed by atoms with Crippen molar-refractivity contribution in [3.05, 3.63) is 53.6 Å². The van der Waals surface area contributed by atoms with Crippen molar-refractivity contribution in [3.8, 4) is 17.2 Å². The van der Waals surface area contributed by atoms with Crippen LogP contribution in [0.25, 0.3) is 0 Å². The predicted octanol–water partition coefficient (Wildman–Crippen LogP) is 4.23. The minimum absolute atomic E-state index is 0.177. The Hall–Kier alpha value is -2.82. The number of ketones is 1. The number of hydrogen-bond donors (Lipinski definition) is 0. The highest BCUT2D eigenvalue weighted by Crippen LogP contribution is 2.32. The van der Waals surface area contributed by atoms with Crippen LogP contribution in [0.3, 0.4) is 0 Å². The molecular weight excluding hydrogens is 354 g/mol. The van der Waals surface area contributed by atoms with E-state index in [0.29, 0.717) is 19.4 Å². The van der Waals surface area contributed by atoms with Gasteiger partial charge in [0.1, 0.15) is 11.5 Å². The molecule has 0 aliphatic heterocycles. The van der Waals surface area contributed by atoms with Crippen molar-refractivity contribution in [2.75, 3.05) is 27.9 Å². The second kappa shape index (κ2) is 9.40. The topological polar surface area (TPSA) is 57.1 Å². The summed E-state index contributed by atoms with van der Waals surface area (Å²) in [4.78, 5) is 17.0. The number of aliphatic imine (C=N–C) groups is 1. The molecule has 0 N–H and O–H groups in total. The lowest BCUT2D eigenvalue weighted by atomic mass is 9.82. The zero-order valence-corrected chi connectivity index (χ0v) is 16.7. The van der Waals surface area contributed by atoms with E-state index in [1.807, 2.05) is 36.4 Å². The summed E-state index contributed by atoms with van der Waals surface area (Å²) in [5.41, 5.74) is 3.26. The maximum Gasteiger partial charge on any atom is 0.160 e. The summed E-state index contributed by atoms with van der Waals surface area (Å²) < 4.78 is 15.9. The molecular formula is C23H27NO4. The van der Waals surface area contributed by atoms with Crippen molar-refractivity contribution in [1.29, 1.82) is 0 Å². The molecule has 3 rings (SSSR count). The van der Waals surface area contributed by atoms with Crippen LogP contribution in [0.4, 0.5) is 0 Å². The molecule has 1 aliphatic carbocycles. The van der Waals surface area contributed by atoms with Crippen LogP contribution in [-0.2, 0) is 11.2 Å². The third kappa shape index (κ3) is 4.91. The highest BCUT2D eigenvalue weighted by Gasteiger charge is 2.25. The largest absolute Gasteiger partial charge is 0.497 e. The fraction of sp³-hybridized carbons (Fsp3) is 0.391. The van der Waals surface area contributed by atoms with E-state index in [4.69, 9.17) is 19.2 Å². The van der Waals surface area contributed by atoms with E-state index < -0.39 is 0 Å². The van der Waals surface area contributed by atoms with Crippen molar-refractivity contribution in [3.63, 3.8) is 0 Å². The van der Waals surface area contributed by atoms with Crippen molar-refractivity contribution < 1.29 is 19.0 Å². The zero-order chi connectivity index (χ0) is 19.9. The van der Waals surface area contributed by atoms with Gasteiger partial charge in [0, 0.05) is 25.1 Å². The molecule has 0 bridgehead atoms. The Balaban J connectivity index is 1.65. The fourth-order valence-electron chi connectivity index (χ4n) is 3.63. The van der Waals surface area contributed by atoms with Gasteiger partial charge in [0.15, 0.2) is 11.5 Å². The van der Waals surface area contributed by atoms with Gasteiger partial charge in [-0.05, 0) is 54.2 Å². The van der Waals surface area contributed by atoms with E-state index in [-0.39, 0.29) is 11.7 Å². The lowest BCUT2D eigenvalue weighted by Crippen LogP contribution is -2.22. The number of methoxy groups -OCH3 is 3. The predicted molar refractivity (Wildman–Crippen MR) is 110 cm³/mol. The average Bonchev–Trinajstić information content (AvgIpc) is 2.73. The molecule has 1 atom stereocenters. The van der Waals surface area contributed by atoms with Crippen LogP contribution in [0, 0.1) is 0 Å². The van der Waals surface area contributed by atoms with Crippen molar-refractivity contribution in [1.82, 2.24) is 0 Å². The molecule has 28 heavy (non-hydrogen) atoms. The number of Topliss-reactive ketones (excluding diaryl/α,β-unsaturated/α-hetero) is 1. The lowest BCUT2D eigenvalue weighted by Gasteiger charge is -2.23. The second-order valence-electron chi connectivity index (χ2n) is 6.98. The average molecular weight is 381 g/mol. The van der Waals surface area contributed by atoms with Gasteiger partial charge in [-0.25, -0.2) is 0 Å². The molecule has 5 nitrogen and oxygen atoms in total. The van der Waals surface area contributed by atoms with Crippen LogP contribution >= 0.6 is 0 Å². The molecule has 0 spiro atoms. The molecule has 1 aliphatic rings. The first-order valence-electron chi connectivity index (χ1n) is 9.51. The first kappa shape index (κ1) is 19.9. The maximum atomic E-state index is 12.3. The van der Waals surface area contributed by atoms with Crippen LogP contribution in [0.1, 0.15) is 36.3 Å². The summed E-state index contributed by atoms with van der Waals surface area (Å²) in [7, 11) is 4.92. The molecule has 0 amide bonds. The van der Waals surface area contributed by atoms with E-state index in [1.165, 1.54) is 0 Å². The highest BCUT2D eigenvalue weighted by atomic mass is 16.5. The summed E-state index contributed by atoms with van der Waals surface area (Å²) in [6.45, 7) is 0.656. The van der Waals surface area contributed by atoms with Crippen LogP contribution in [0.15, 0.2) is 47.5 Å². The van der Waals surface area contributed by atoms with Gasteiger partial charge in [-0.2, -0.15) is 0 Å². The number of nitrogens with zero attached hydrogens (tertiary/aromatic N) is 1. The number of hydrogen-bond acceptors (Lipinski definition) is 5. The summed E-state index contributed by atoms with van der Waals surface area (Å²) >= 11 is 0. The molecule has 0 saturated heterocycles. The Bertz CT molecular complexity index is 859. The number of carbonyl (C=O) groups excluding carboxylic acids is 1. The van der Waals surface area contributed by atoms with Gasteiger partial charge >= 0.3 is 0 Å². The summed E-state index contributed by atoms with van der Waals surface area (Å²) in [6, 6.07) is 13.9. The highest BCUT2D eigenvalue weighted by molar-refractivity contribution is 6.05. The van der Waals surface area contributed by atoms with E-state index in [2.05, 4.69) is 6.07 Å². The molecule has 0 heterocycles. The van der Waals surface area contributed by atoms with Crippen molar-refractivity contribution in [2.24, 2.45) is 4.99 Å². The van der Waals surface area contributed by atoms with Gasteiger partial charge in [-0.3, -0.25) is 9.79 Å². The van der Waals surface area contributed by atoms with E-state index in [1.54, 1.807) is 21.3 Å². The van der Waals surface area contributed by atoms with Gasteiger partial charge in [0.25, 0.3) is 0 Å². The Morgan fingerprint density at radius 3 is 2.54 bits per heavy atom. The molecule has 1 fully saturated rings. The number of benzene rings is 2. The Kier molecular flexibility index (Phi) is 6.69. The molecule has 0 aromatic heterocycles. The summed E-state index contributed by atoms with van der Waals surface area (Å²) in [5, 5.41) is 0. The molecule has 148 valence electrons. The summed E-state index contributed by atoms with van der Waals surface area (Å²) in [6.07, 6.45) is 2.65. The van der Waals surface area contributed by atoms with E-state index in [0.717, 1.165) is 46.9 Å². The molecule has 2 aromatic rings. The van der Waals surface area contributed by atoms with Crippen molar-refractivity contribution in [2.45, 2.75) is 31.6 Å². The van der Waals surface area contributed by atoms with Crippen LogP contribution in [0.2, 0.25) is 0 Å². The number of carbonyl (C=O) groups is 1. The van der Waals surface area contributed by atoms with Gasteiger partial charge in [0.2, 0.25) is 0 Å². The third-order valence-corrected chi connectivity index (χ3v) is 5.11. The first-order chi connectivity index (χ1) is 13.6.